The third-order valence-electron chi connectivity index (χ3n) is 8.13. The number of nitrogens with one attached hydrogen (secondary N) is 2. The number of imide groups is 1. The molecule has 3 aliphatic rings. The van der Waals surface area contributed by atoms with Gasteiger partial charge < -0.3 is 14.8 Å². The Morgan fingerprint density at radius 3 is 2.47 bits per heavy atom. The topological polar surface area (TPSA) is 97.5 Å². The van der Waals surface area contributed by atoms with Crippen LogP contribution >= 0.6 is 11.3 Å². The van der Waals surface area contributed by atoms with Crippen molar-refractivity contribution in [2.75, 3.05) is 51.2 Å². The van der Waals surface area contributed by atoms with Crippen molar-refractivity contribution in [3.8, 4) is 0 Å². The molecular formula is C28H29N7O2S. The standard InChI is InChI=1S/C28H29N7O2S/c1-33-11-13-34(14-12-33)17-6-9-35(10-7-17)28-30-21-5-3-2-4-19(21)24(31-28)23-22(25(36)32-26(23)37)20-16-29-27-18(20)8-15-38-27/h2-5,8,15-17,29H,6-7,9-14H2,1H3,(H,32,36,37). The van der Waals surface area contributed by atoms with Crippen LogP contribution in [0.2, 0.25) is 0 Å². The van der Waals surface area contributed by atoms with E-state index in [0.717, 1.165) is 78.8 Å². The molecule has 7 rings (SSSR count). The predicted molar refractivity (Wildman–Crippen MR) is 150 cm³/mol. The van der Waals surface area contributed by atoms with Crippen molar-refractivity contribution in [2.45, 2.75) is 18.9 Å². The van der Waals surface area contributed by atoms with Gasteiger partial charge in [-0.15, -0.1) is 11.3 Å². The lowest BCUT2D eigenvalue weighted by Gasteiger charge is -2.42. The zero-order valence-electron chi connectivity index (χ0n) is 21.2. The average Bonchev–Trinajstić information content (AvgIpc) is 3.63. The zero-order chi connectivity index (χ0) is 25.8. The van der Waals surface area contributed by atoms with Crippen LogP contribution in [-0.2, 0) is 9.59 Å². The van der Waals surface area contributed by atoms with Gasteiger partial charge in [0.05, 0.1) is 22.4 Å². The van der Waals surface area contributed by atoms with Crippen molar-refractivity contribution < 1.29 is 9.59 Å². The number of amides is 2. The van der Waals surface area contributed by atoms with Crippen LogP contribution in [0, 0.1) is 0 Å². The van der Waals surface area contributed by atoms with Crippen LogP contribution in [0.5, 0.6) is 0 Å². The van der Waals surface area contributed by atoms with Crippen LogP contribution in [0.15, 0.2) is 41.9 Å². The summed E-state index contributed by atoms with van der Waals surface area (Å²) in [5, 5.41) is 6.19. The maximum atomic E-state index is 13.3. The zero-order valence-corrected chi connectivity index (χ0v) is 22.1. The molecule has 2 saturated heterocycles. The molecule has 3 aliphatic heterocycles. The molecule has 2 amide bonds. The summed E-state index contributed by atoms with van der Waals surface area (Å²) < 4.78 is 0. The molecule has 4 aromatic rings. The fourth-order valence-corrected chi connectivity index (χ4v) is 6.78. The van der Waals surface area contributed by atoms with Gasteiger partial charge in [0.25, 0.3) is 11.8 Å². The minimum Gasteiger partial charge on any atom is -0.352 e. The summed E-state index contributed by atoms with van der Waals surface area (Å²) in [5.41, 5.74) is 2.67. The number of H-pyrrole nitrogens is 1. The van der Waals surface area contributed by atoms with Gasteiger partial charge in [0.2, 0.25) is 5.95 Å². The molecule has 6 heterocycles. The van der Waals surface area contributed by atoms with E-state index >= 15 is 0 Å². The summed E-state index contributed by atoms with van der Waals surface area (Å²) in [5.74, 6) is -0.197. The fraction of sp³-hybridized carbons (Fsp3) is 0.357. The Morgan fingerprint density at radius 1 is 0.895 bits per heavy atom. The summed E-state index contributed by atoms with van der Waals surface area (Å²) >= 11 is 1.57. The number of para-hydroxylation sites is 1. The number of benzene rings is 1. The number of rotatable bonds is 4. The molecule has 0 spiro atoms. The van der Waals surface area contributed by atoms with E-state index < -0.39 is 11.8 Å². The van der Waals surface area contributed by atoms with Gasteiger partial charge in [-0.1, -0.05) is 18.2 Å². The molecule has 194 valence electrons. The molecule has 2 N–H and O–H groups in total. The summed E-state index contributed by atoms with van der Waals surface area (Å²) in [6.45, 7) is 6.20. The first kappa shape index (κ1) is 23.5. The van der Waals surface area contributed by atoms with E-state index in [4.69, 9.17) is 9.97 Å². The van der Waals surface area contributed by atoms with Crippen molar-refractivity contribution in [1.29, 1.82) is 0 Å². The first-order chi connectivity index (χ1) is 18.6. The number of nitrogens with zero attached hydrogens (tertiary/aromatic N) is 5. The predicted octanol–water partition coefficient (Wildman–Crippen LogP) is 2.96. The summed E-state index contributed by atoms with van der Waals surface area (Å²) in [6, 6.07) is 10.3. The Morgan fingerprint density at radius 2 is 1.66 bits per heavy atom. The molecule has 10 heteroatoms. The minimum absolute atomic E-state index is 0.314. The Bertz CT molecular complexity index is 1590. The molecule has 3 aromatic heterocycles. The number of likely N-dealkylation sites (N-methyl/N-ethyl adjacent to an activating group) is 1. The van der Waals surface area contributed by atoms with E-state index in [1.54, 1.807) is 11.3 Å². The second-order valence-electron chi connectivity index (χ2n) is 10.3. The van der Waals surface area contributed by atoms with Gasteiger partial charge in [-0.25, -0.2) is 9.97 Å². The number of thiophene rings is 1. The van der Waals surface area contributed by atoms with Gasteiger partial charge in [0.1, 0.15) is 4.83 Å². The lowest BCUT2D eigenvalue weighted by atomic mass is 9.97. The number of aromatic nitrogens is 3. The highest BCUT2D eigenvalue weighted by atomic mass is 32.1. The Labute approximate surface area is 224 Å². The van der Waals surface area contributed by atoms with E-state index in [1.807, 2.05) is 41.9 Å². The normalized spacial score (nSPS) is 20.3. The van der Waals surface area contributed by atoms with E-state index in [1.165, 1.54) is 0 Å². The van der Waals surface area contributed by atoms with Gasteiger partial charge in [-0.05, 0) is 37.4 Å². The van der Waals surface area contributed by atoms with Crippen molar-refractivity contribution in [1.82, 2.24) is 30.1 Å². The number of aromatic amines is 1. The summed E-state index contributed by atoms with van der Waals surface area (Å²) in [4.78, 5) is 47.7. The van der Waals surface area contributed by atoms with Crippen molar-refractivity contribution in [2.24, 2.45) is 0 Å². The van der Waals surface area contributed by atoms with Crippen LogP contribution in [-0.4, -0.2) is 88.9 Å². The fourth-order valence-electron chi connectivity index (χ4n) is 6.01. The lowest BCUT2D eigenvalue weighted by Crippen LogP contribution is -2.52. The highest BCUT2D eigenvalue weighted by Gasteiger charge is 2.36. The number of anilines is 1. The second kappa shape index (κ2) is 9.30. The number of fused-ring (bicyclic) bond motifs is 2. The van der Waals surface area contributed by atoms with Gasteiger partial charge >= 0.3 is 0 Å². The van der Waals surface area contributed by atoms with Crippen molar-refractivity contribution in [3.05, 3.63) is 53.2 Å². The summed E-state index contributed by atoms with van der Waals surface area (Å²) in [6.07, 6.45) is 3.92. The van der Waals surface area contributed by atoms with E-state index in [-0.39, 0.29) is 0 Å². The van der Waals surface area contributed by atoms with Crippen LogP contribution in [0.3, 0.4) is 0 Å². The largest absolute Gasteiger partial charge is 0.352 e. The molecule has 1 aromatic carbocycles. The number of piperidine rings is 1. The third kappa shape index (κ3) is 3.91. The highest BCUT2D eigenvalue weighted by Crippen LogP contribution is 2.38. The molecule has 2 fully saturated rings. The molecule has 0 saturated carbocycles. The summed E-state index contributed by atoms with van der Waals surface area (Å²) in [7, 11) is 2.19. The van der Waals surface area contributed by atoms with Crippen LogP contribution in [0.1, 0.15) is 24.1 Å². The van der Waals surface area contributed by atoms with E-state index in [9.17, 15) is 9.59 Å². The Kier molecular flexibility index (Phi) is 5.75. The first-order valence-corrected chi connectivity index (χ1v) is 14.0. The van der Waals surface area contributed by atoms with Crippen LogP contribution in [0.25, 0.3) is 32.3 Å². The second-order valence-corrected chi connectivity index (χ2v) is 11.3. The molecule has 38 heavy (non-hydrogen) atoms. The van der Waals surface area contributed by atoms with Crippen molar-refractivity contribution in [3.63, 3.8) is 0 Å². The van der Waals surface area contributed by atoms with E-state index in [2.05, 4.69) is 32.0 Å². The SMILES string of the molecule is CN1CCN(C2CCN(c3nc(C4=C(c5c[nH]c6sccc56)C(=O)NC4=O)c4ccccc4n3)CC2)CC1. The maximum absolute atomic E-state index is 13.3. The molecule has 0 atom stereocenters. The molecular weight excluding hydrogens is 498 g/mol. The van der Waals surface area contributed by atoms with Crippen LogP contribution < -0.4 is 10.2 Å². The highest BCUT2D eigenvalue weighted by molar-refractivity contribution is 7.16. The van der Waals surface area contributed by atoms with E-state index in [0.29, 0.717) is 28.8 Å². The Hall–Kier alpha value is -3.60. The number of hydrogen-bond donors (Lipinski definition) is 2. The maximum Gasteiger partial charge on any atom is 0.261 e. The quantitative estimate of drug-likeness (QED) is 0.394. The Balaban J connectivity index is 1.28. The van der Waals surface area contributed by atoms with Gasteiger partial charge in [-0.2, -0.15) is 0 Å². The molecule has 0 radical (unpaired) electrons. The van der Waals surface area contributed by atoms with Crippen LogP contribution in [0.4, 0.5) is 5.95 Å². The van der Waals surface area contributed by atoms with Crippen molar-refractivity contribution >= 4 is 61.4 Å². The molecule has 0 bridgehead atoms. The number of carbonyl (C=O) groups is 2. The number of piperazine rings is 1. The molecule has 0 unspecified atom stereocenters. The van der Waals surface area contributed by atoms with Gasteiger partial charge in [0, 0.05) is 67.8 Å². The van der Waals surface area contributed by atoms with Gasteiger partial charge in [0.15, 0.2) is 0 Å². The average molecular weight is 528 g/mol. The number of hydrogen-bond acceptors (Lipinski definition) is 8. The monoisotopic (exact) mass is 527 g/mol. The molecule has 9 nitrogen and oxygen atoms in total. The first-order valence-electron chi connectivity index (χ1n) is 13.2. The number of carbonyl (C=O) groups excluding carboxylic acids is 2. The van der Waals surface area contributed by atoms with Gasteiger partial charge in [-0.3, -0.25) is 19.8 Å². The minimum atomic E-state index is -0.418. The molecule has 0 aliphatic carbocycles. The smallest absolute Gasteiger partial charge is 0.261 e. The third-order valence-corrected chi connectivity index (χ3v) is 8.98. The lowest BCUT2D eigenvalue weighted by molar-refractivity contribution is -0.122.